The number of ether oxygens (including phenoxy) is 1. The minimum absolute atomic E-state index is 0.00338. The molecule has 1 N–H and O–H groups in total. The van der Waals surface area contributed by atoms with E-state index in [9.17, 15) is 18.0 Å². The molecule has 2 aromatic rings. The number of methoxy groups -OCH3 is 1. The first-order chi connectivity index (χ1) is 17.5. The van der Waals surface area contributed by atoms with Gasteiger partial charge in [-0.2, -0.15) is 0 Å². The zero-order valence-corrected chi connectivity index (χ0v) is 23.7. The van der Waals surface area contributed by atoms with E-state index in [1.54, 1.807) is 29.2 Å². The number of benzene rings is 2. The largest absolute Gasteiger partial charge is 0.497 e. The van der Waals surface area contributed by atoms with Crippen LogP contribution in [0.15, 0.2) is 48.5 Å². The molecule has 0 unspecified atom stereocenters. The molecular weight excluding hydrogens is 490 g/mol. The van der Waals surface area contributed by atoms with Crippen molar-refractivity contribution in [2.75, 3.05) is 24.2 Å². The van der Waals surface area contributed by atoms with Gasteiger partial charge in [-0.15, -0.1) is 0 Å². The minimum atomic E-state index is -3.58. The van der Waals surface area contributed by atoms with Gasteiger partial charge in [-0.25, -0.2) is 8.42 Å². The molecule has 0 saturated heterocycles. The summed E-state index contributed by atoms with van der Waals surface area (Å²) in [6, 6.07) is 14.1. The predicted octanol–water partition coefficient (Wildman–Crippen LogP) is 4.27. The first-order valence-electron chi connectivity index (χ1n) is 12.8. The van der Waals surface area contributed by atoms with Crippen molar-refractivity contribution in [3.8, 4) is 5.75 Å². The lowest BCUT2D eigenvalue weighted by Crippen LogP contribution is -2.50. The van der Waals surface area contributed by atoms with Crippen molar-refractivity contribution in [3.63, 3.8) is 0 Å². The van der Waals surface area contributed by atoms with Gasteiger partial charge >= 0.3 is 0 Å². The molecule has 0 heterocycles. The van der Waals surface area contributed by atoms with E-state index < -0.39 is 16.1 Å². The van der Waals surface area contributed by atoms with Crippen LogP contribution in [0.3, 0.4) is 0 Å². The number of aryl methyl sites for hydroxylation is 1. The Kier molecular flexibility index (Phi) is 11.4. The van der Waals surface area contributed by atoms with Gasteiger partial charge in [0.15, 0.2) is 0 Å². The number of carbonyl (C=O) groups excluding carboxylic acids is 2. The third kappa shape index (κ3) is 9.07. The Morgan fingerprint density at radius 2 is 1.76 bits per heavy atom. The van der Waals surface area contributed by atoms with Gasteiger partial charge in [-0.1, -0.05) is 49.7 Å². The van der Waals surface area contributed by atoms with Crippen molar-refractivity contribution < 1.29 is 22.7 Å². The van der Waals surface area contributed by atoms with Crippen LogP contribution in [0.4, 0.5) is 5.69 Å². The first kappa shape index (κ1) is 30.2. The molecule has 2 rings (SSSR count). The number of hydrogen-bond donors (Lipinski definition) is 1. The van der Waals surface area contributed by atoms with Gasteiger partial charge in [0.1, 0.15) is 11.8 Å². The quantitative estimate of drug-likeness (QED) is 0.393. The van der Waals surface area contributed by atoms with Gasteiger partial charge in [0, 0.05) is 31.6 Å². The molecule has 37 heavy (non-hydrogen) atoms. The summed E-state index contributed by atoms with van der Waals surface area (Å²) in [5.74, 6) is 0.184. The van der Waals surface area contributed by atoms with Crippen LogP contribution in [0.1, 0.15) is 57.6 Å². The number of anilines is 1. The molecule has 0 aromatic heterocycles. The molecule has 0 radical (unpaired) electrons. The van der Waals surface area contributed by atoms with Crippen LogP contribution < -0.4 is 14.4 Å². The Bertz CT molecular complexity index is 1150. The number of nitrogens with zero attached hydrogens (tertiary/aromatic N) is 2. The van der Waals surface area contributed by atoms with Crippen LogP contribution in [0.5, 0.6) is 5.75 Å². The van der Waals surface area contributed by atoms with Crippen LogP contribution >= 0.6 is 0 Å². The number of sulfonamides is 1. The van der Waals surface area contributed by atoms with E-state index in [2.05, 4.69) is 5.32 Å². The molecule has 0 saturated carbocycles. The van der Waals surface area contributed by atoms with Crippen molar-refractivity contribution in [3.05, 3.63) is 59.7 Å². The summed E-state index contributed by atoms with van der Waals surface area (Å²) in [4.78, 5) is 28.2. The SMILES string of the molecule is CC[C@H](C)NC(=O)[C@H](CC)N(Cc1cccc(C)c1)C(=O)CCCN(c1cccc(OC)c1)S(C)(=O)=O. The van der Waals surface area contributed by atoms with Gasteiger partial charge in [-0.05, 0) is 50.8 Å². The van der Waals surface area contributed by atoms with E-state index in [0.29, 0.717) is 30.8 Å². The molecule has 0 aliphatic carbocycles. The minimum Gasteiger partial charge on any atom is -0.497 e. The maximum absolute atomic E-state index is 13.5. The maximum Gasteiger partial charge on any atom is 0.243 e. The summed E-state index contributed by atoms with van der Waals surface area (Å²) < 4.78 is 31.6. The molecule has 0 aliphatic heterocycles. The highest BCUT2D eigenvalue weighted by Crippen LogP contribution is 2.24. The Labute approximate surface area is 222 Å². The monoisotopic (exact) mass is 531 g/mol. The van der Waals surface area contributed by atoms with Gasteiger partial charge in [0.2, 0.25) is 21.8 Å². The van der Waals surface area contributed by atoms with Crippen molar-refractivity contribution in [1.82, 2.24) is 10.2 Å². The lowest BCUT2D eigenvalue weighted by atomic mass is 10.1. The smallest absolute Gasteiger partial charge is 0.243 e. The highest BCUT2D eigenvalue weighted by molar-refractivity contribution is 7.92. The van der Waals surface area contributed by atoms with Gasteiger partial charge in [0.05, 0.1) is 19.1 Å². The number of carbonyl (C=O) groups is 2. The summed E-state index contributed by atoms with van der Waals surface area (Å²) in [7, 11) is -2.06. The fraction of sp³-hybridized carbons (Fsp3) is 0.500. The fourth-order valence-electron chi connectivity index (χ4n) is 4.14. The second-order valence-corrected chi connectivity index (χ2v) is 11.3. The average molecular weight is 532 g/mol. The molecule has 2 amide bonds. The normalized spacial score (nSPS) is 12.9. The van der Waals surface area contributed by atoms with Gasteiger partial charge in [0.25, 0.3) is 0 Å². The third-order valence-corrected chi connectivity index (χ3v) is 7.51. The van der Waals surface area contributed by atoms with E-state index in [1.165, 1.54) is 11.4 Å². The summed E-state index contributed by atoms with van der Waals surface area (Å²) in [5.41, 5.74) is 2.49. The predicted molar refractivity (Wildman–Crippen MR) is 148 cm³/mol. The first-order valence-corrected chi connectivity index (χ1v) is 14.6. The fourth-order valence-corrected chi connectivity index (χ4v) is 5.09. The lowest BCUT2D eigenvalue weighted by molar-refractivity contribution is -0.141. The Morgan fingerprint density at radius 3 is 2.35 bits per heavy atom. The molecule has 0 aliphatic rings. The average Bonchev–Trinajstić information content (AvgIpc) is 2.85. The molecule has 9 heteroatoms. The second-order valence-electron chi connectivity index (χ2n) is 9.39. The van der Waals surface area contributed by atoms with E-state index in [-0.39, 0.29) is 30.8 Å². The Hall–Kier alpha value is -3.07. The Balaban J connectivity index is 2.23. The number of nitrogens with one attached hydrogen (secondary N) is 1. The van der Waals surface area contributed by atoms with Crippen LogP contribution in [0, 0.1) is 6.92 Å². The molecule has 2 atom stereocenters. The van der Waals surface area contributed by atoms with Crippen LogP contribution in [-0.4, -0.2) is 57.1 Å². The second kappa shape index (κ2) is 14.0. The summed E-state index contributed by atoms with van der Waals surface area (Å²) >= 11 is 0. The zero-order chi connectivity index (χ0) is 27.6. The number of hydrogen-bond acceptors (Lipinski definition) is 5. The van der Waals surface area contributed by atoms with Crippen LogP contribution in [-0.2, 0) is 26.2 Å². The molecule has 204 valence electrons. The lowest BCUT2D eigenvalue weighted by Gasteiger charge is -2.32. The van der Waals surface area contributed by atoms with Crippen LogP contribution in [0.25, 0.3) is 0 Å². The van der Waals surface area contributed by atoms with E-state index in [4.69, 9.17) is 4.74 Å². The van der Waals surface area contributed by atoms with E-state index in [0.717, 1.165) is 23.8 Å². The molecule has 0 fully saturated rings. The van der Waals surface area contributed by atoms with Crippen molar-refractivity contribution in [1.29, 1.82) is 0 Å². The molecular formula is C28H41N3O5S. The van der Waals surface area contributed by atoms with E-state index in [1.807, 2.05) is 52.0 Å². The topological polar surface area (TPSA) is 96.0 Å². The molecule has 0 spiro atoms. The summed E-state index contributed by atoms with van der Waals surface area (Å²) in [5, 5.41) is 3.01. The number of rotatable bonds is 14. The van der Waals surface area contributed by atoms with Gasteiger partial charge < -0.3 is 15.0 Å². The van der Waals surface area contributed by atoms with E-state index >= 15 is 0 Å². The summed E-state index contributed by atoms with van der Waals surface area (Å²) in [6.07, 6.45) is 2.81. The third-order valence-electron chi connectivity index (χ3n) is 6.32. The summed E-state index contributed by atoms with van der Waals surface area (Å²) in [6.45, 7) is 8.25. The maximum atomic E-state index is 13.5. The highest BCUT2D eigenvalue weighted by Gasteiger charge is 2.29. The Morgan fingerprint density at radius 1 is 1.05 bits per heavy atom. The zero-order valence-electron chi connectivity index (χ0n) is 22.9. The van der Waals surface area contributed by atoms with Crippen molar-refractivity contribution in [2.24, 2.45) is 0 Å². The number of amides is 2. The molecule has 8 nitrogen and oxygen atoms in total. The van der Waals surface area contributed by atoms with Crippen molar-refractivity contribution >= 4 is 27.5 Å². The highest BCUT2D eigenvalue weighted by atomic mass is 32.2. The molecule has 0 bridgehead atoms. The standard InChI is InChI=1S/C28H41N3O5S/c1-7-22(4)29-28(33)26(8-2)30(20-23-13-9-12-21(3)18-23)27(32)16-11-17-31(37(6,34)35)24-14-10-15-25(19-24)36-5/h9-10,12-15,18-19,22,26H,7-8,11,16-17,20H2,1-6H3,(H,29,33)/t22-,26-/m0/s1. The van der Waals surface area contributed by atoms with Crippen molar-refractivity contribution in [2.45, 2.75) is 72.0 Å². The molecule has 2 aromatic carbocycles. The van der Waals surface area contributed by atoms with Gasteiger partial charge in [-0.3, -0.25) is 13.9 Å². The van der Waals surface area contributed by atoms with Crippen LogP contribution in [0.2, 0.25) is 0 Å².